The Kier molecular flexibility index (Phi) is 11.0. The number of carboxylic acids is 1. The first-order chi connectivity index (χ1) is 13.7. The number of benzene rings is 1. The Labute approximate surface area is 173 Å². The smallest absolute Gasteiger partial charge is 0.306 e. The van der Waals surface area contributed by atoms with E-state index < -0.39 is 24.0 Å². The molecule has 1 rings (SSSR count). The quantitative estimate of drug-likeness (QED) is 0.347. The minimum absolute atomic E-state index is 0.0676. The van der Waals surface area contributed by atoms with Crippen LogP contribution in [-0.2, 0) is 11.2 Å². The second-order valence-corrected chi connectivity index (χ2v) is 8.06. The highest BCUT2D eigenvalue weighted by atomic mass is 16.5. The molecule has 0 heterocycles. The molecule has 166 valence electrons. The number of ether oxygens (including phenoxy) is 2. The van der Waals surface area contributed by atoms with Gasteiger partial charge in [-0.25, -0.2) is 0 Å². The van der Waals surface area contributed by atoms with Gasteiger partial charge in [0.15, 0.2) is 11.5 Å². The zero-order chi connectivity index (χ0) is 22.0. The molecule has 0 radical (unpaired) electrons. The van der Waals surface area contributed by atoms with Crippen LogP contribution in [-0.4, -0.2) is 53.8 Å². The van der Waals surface area contributed by atoms with E-state index in [-0.39, 0.29) is 18.9 Å². The number of aliphatic carboxylic acids is 1. The third kappa shape index (κ3) is 8.60. The van der Waals surface area contributed by atoms with Crippen molar-refractivity contribution in [2.45, 2.75) is 58.6 Å². The van der Waals surface area contributed by atoms with Crippen LogP contribution in [0.3, 0.4) is 0 Å². The average molecular weight is 412 g/mol. The van der Waals surface area contributed by atoms with Crippen molar-refractivity contribution in [1.29, 1.82) is 0 Å². The molecule has 0 aliphatic heterocycles. The van der Waals surface area contributed by atoms with E-state index in [1.807, 2.05) is 18.2 Å². The van der Waals surface area contributed by atoms with Crippen LogP contribution in [0.2, 0.25) is 0 Å². The molecule has 4 unspecified atom stereocenters. The zero-order valence-corrected chi connectivity index (χ0v) is 18.0. The minimum Gasteiger partial charge on any atom is -0.493 e. The molecule has 0 spiro atoms. The molecule has 1 aromatic rings. The number of carboxylic acid groups (broad SMARTS) is 1. The highest BCUT2D eigenvalue weighted by molar-refractivity contribution is 5.69. The fraction of sp³-hybridized carbons (Fsp3) is 0.682. The molecule has 0 bridgehead atoms. The van der Waals surface area contributed by atoms with Gasteiger partial charge in [-0.15, -0.1) is 0 Å². The van der Waals surface area contributed by atoms with E-state index in [2.05, 4.69) is 13.8 Å². The summed E-state index contributed by atoms with van der Waals surface area (Å²) >= 11 is 0. The van der Waals surface area contributed by atoms with Gasteiger partial charge in [-0.3, -0.25) is 4.79 Å². The van der Waals surface area contributed by atoms with Gasteiger partial charge in [0, 0.05) is 19.1 Å². The van der Waals surface area contributed by atoms with E-state index in [9.17, 15) is 9.90 Å². The van der Waals surface area contributed by atoms with E-state index in [1.165, 1.54) is 0 Å². The summed E-state index contributed by atoms with van der Waals surface area (Å²) < 4.78 is 11.1. The van der Waals surface area contributed by atoms with Crippen molar-refractivity contribution >= 4 is 5.97 Å². The van der Waals surface area contributed by atoms with Crippen molar-refractivity contribution in [2.75, 3.05) is 20.3 Å². The highest BCUT2D eigenvalue weighted by Crippen LogP contribution is 2.31. The summed E-state index contributed by atoms with van der Waals surface area (Å²) in [7, 11) is 1.59. The Hall–Kier alpha value is -1.83. The third-order valence-electron chi connectivity index (χ3n) is 5.31. The van der Waals surface area contributed by atoms with Gasteiger partial charge in [-0.2, -0.15) is 0 Å². The second kappa shape index (κ2) is 12.7. The van der Waals surface area contributed by atoms with Gasteiger partial charge in [0.25, 0.3) is 0 Å². The maximum Gasteiger partial charge on any atom is 0.306 e. The Morgan fingerprint density at radius 3 is 2.41 bits per heavy atom. The first-order valence-electron chi connectivity index (χ1n) is 10.3. The molecule has 7 nitrogen and oxygen atoms in total. The summed E-state index contributed by atoms with van der Waals surface area (Å²) in [6.45, 7) is 6.28. The van der Waals surface area contributed by atoms with Crippen LogP contribution in [0.1, 0.15) is 45.6 Å². The SMILES string of the molecule is COc1ccc(CC(CC(N)C(O)CC(C)C(=O)O)C(C)C)cc1OCCCO. The molecule has 0 amide bonds. The number of rotatable bonds is 14. The summed E-state index contributed by atoms with van der Waals surface area (Å²) in [6.07, 6.45) is 1.19. The van der Waals surface area contributed by atoms with Gasteiger partial charge in [0.1, 0.15) is 0 Å². The number of hydrogen-bond acceptors (Lipinski definition) is 6. The number of hydrogen-bond donors (Lipinski definition) is 4. The molecule has 7 heteroatoms. The average Bonchev–Trinajstić information content (AvgIpc) is 2.67. The van der Waals surface area contributed by atoms with Crippen molar-refractivity contribution < 1.29 is 29.6 Å². The van der Waals surface area contributed by atoms with Gasteiger partial charge < -0.3 is 30.5 Å². The Morgan fingerprint density at radius 1 is 1.17 bits per heavy atom. The predicted octanol–water partition coefficient (Wildman–Crippen LogP) is 2.46. The summed E-state index contributed by atoms with van der Waals surface area (Å²) in [5, 5.41) is 28.3. The molecular weight excluding hydrogens is 374 g/mol. The van der Waals surface area contributed by atoms with Crippen LogP contribution < -0.4 is 15.2 Å². The number of methoxy groups -OCH3 is 1. The van der Waals surface area contributed by atoms with E-state index in [0.717, 1.165) is 12.0 Å². The molecule has 0 saturated carbocycles. The number of aliphatic hydroxyl groups is 2. The largest absolute Gasteiger partial charge is 0.493 e. The lowest BCUT2D eigenvalue weighted by Gasteiger charge is -2.28. The van der Waals surface area contributed by atoms with Gasteiger partial charge in [0.2, 0.25) is 0 Å². The zero-order valence-electron chi connectivity index (χ0n) is 18.0. The molecule has 0 aliphatic rings. The third-order valence-corrected chi connectivity index (χ3v) is 5.31. The summed E-state index contributed by atoms with van der Waals surface area (Å²) in [6, 6.07) is 5.31. The normalized spacial score (nSPS) is 15.6. The maximum atomic E-state index is 11.0. The fourth-order valence-corrected chi connectivity index (χ4v) is 3.25. The van der Waals surface area contributed by atoms with Crippen molar-refractivity contribution in [2.24, 2.45) is 23.5 Å². The van der Waals surface area contributed by atoms with Crippen molar-refractivity contribution in [3.8, 4) is 11.5 Å². The Bertz CT molecular complexity index is 621. The molecule has 1 aromatic carbocycles. The van der Waals surface area contributed by atoms with Gasteiger partial charge >= 0.3 is 5.97 Å². The summed E-state index contributed by atoms with van der Waals surface area (Å²) in [5.41, 5.74) is 7.28. The lowest BCUT2D eigenvalue weighted by atomic mass is 9.82. The van der Waals surface area contributed by atoms with Crippen LogP contribution in [0.15, 0.2) is 18.2 Å². The first-order valence-corrected chi connectivity index (χ1v) is 10.3. The van der Waals surface area contributed by atoms with Crippen LogP contribution in [0.4, 0.5) is 0 Å². The first kappa shape index (κ1) is 25.2. The molecule has 0 aromatic heterocycles. The van der Waals surface area contributed by atoms with Crippen molar-refractivity contribution in [3.05, 3.63) is 23.8 Å². The number of nitrogens with two attached hydrogens (primary N) is 1. The Balaban J connectivity index is 2.82. The number of carbonyl (C=O) groups is 1. The van der Waals surface area contributed by atoms with Crippen LogP contribution in [0.25, 0.3) is 0 Å². The van der Waals surface area contributed by atoms with Gasteiger partial charge in [0.05, 0.1) is 25.7 Å². The van der Waals surface area contributed by atoms with Crippen LogP contribution >= 0.6 is 0 Å². The Morgan fingerprint density at radius 2 is 1.86 bits per heavy atom. The topological polar surface area (TPSA) is 122 Å². The maximum absolute atomic E-state index is 11.0. The second-order valence-electron chi connectivity index (χ2n) is 8.06. The van der Waals surface area contributed by atoms with Crippen LogP contribution in [0.5, 0.6) is 11.5 Å². The fourth-order valence-electron chi connectivity index (χ4n) is 3.25. The van der Waals surface area contributed by atoms with E-state index in [1.54, 1.807) is 14.0 Å². The van der Waals surface area contributed by atoms with Crippen molar-refractivity contribution in [3.63, 3.8) is 0 Å². The lowest BCUT2D eigenvalue weighted by Crippen LogP contribution is -2.39. The molecule has 4 atom stereocenters. The van der Waals surface area contributed by atoms with E-state index >= 15 is 0 Å². The summed E-state index contributed by atoms with van der Waals surface area (Å²) in [4.78, 5) is 11.0. The lowest BCUT2D eigenvalue weighted by molar-refractivity contribution is -0.142. The minimum atomic E-state index is -0.927. The van der Waals surface area contributed by atoms with E-state index in [0.29, 0.717) is 36.9 Å². The molecule has 0 fully saturated rings. The van der Waals surface area contributed by atoms with Crippen LogP contribution in [0, 0.1) is 17.8 Å². The standard InChI is InChI=1S/C22H37NO6/c1-14(2)17(13-18(23)19(25)10-15(3)22(26)27)11-16-6-7-20(28-4)21(12-16)29-9-5-8-24/h6-7,12,14-15,17-19,24-25H,5,8-11,13,23H2,1-4H3,(H,26,27). The molecule has 0 aliphatic carbocycles. The van der Waals surface area contributed by atoms with E-state index in [4.69, 9.17) is 25.4 Å². The van der Waals surface area contributed by atoms with Crippen molar-refractivity contribution in [1.82, 2.24) is 0 Å². The monoisotopic (exact) mass is 411 g/mol. The van der Waals surface area contributed by atoms with Gasteiger partial charge in [-0.05, 0) is 48.8 Å². The molecule has 29 heavy (non-hydrogen) atoms. The predicted molar refractivity (Wildman–Crippen MR) is 112 cm³/mol. The number of aliphatic hydroxyl groups excluding tert-OH is 2. The highest BCUT2D eigenvalue weighted by Gasteiger charge is 2.26. The molecule has 0 saturated heterocycles. The van der Waals surface area contributed by atoms with Gasteiger partial charge in [-0.1, -0.05) is 26.8 Å². The molecule has 5 N–H and O–H groups in total. The summed E-state index contributed by atoms with van der Waals surface area (Å²) in [5.74, 6) is 0.282. The molecular formula is C22H37NO6.